The minimum Gasteiger partial charge on any atom is -0.507 e. The van der Waals surface area contributed by atoms with Crippen LogP contribution in [0.2, 0.25) is 0 Å². The number of amides is 1. The molecule has 0 saturated carbocycles. The Hall–Kier alpha value is -3.34. The van der Waals surface area contributed by atoms with Crippen molar-refractivity contribution in [3.63, 3.8) is 0 Å². The first-order valence-corrected chi connectivity index (χ1v) is 11.6. The monoisotopic (exact) mass is 513 g/mol. The molecule has 0 aromatic carbocycles. The number of hydrogen-bond donors (Lipinski definition) is 2. The second-order valence-corrected chi connectivity index (χ2v) is 8.82. The molecule has 35 heavy (non-hydrogen) atoms. The van der Waals surface area contributed by atoms with Crippen molar-refractivity contribution in [2.45, 2.75) is 51.6 Å². The third-order valence-electron chi connectivity index (χ3n) is 4.79. The number of thiophene rings is 1. The number of carbonyl (C=O) groups is 2. The summed E-state index contributed by atoms with van der Waals surface area (Å²) >= 11 is 1.26. The number of aromatic hydroxyl groups is 1. The summed E-state index contributed by atoms with van der Waals surface area (Å²) in [6.07, 6.45) is 0.659. The largest absolute Gasteiger partial charge is 0.507 e. The Kier molecular flexibility index (Phi) is 10.3. The number of methoxy groups -OCH3 is 1. The fraction of sp³-hybridized carbons (Fsp3) is 0.375. The number of Topliss-reactive ketones (excluding diaryl/α,β-unsaturated/α-hetero) is 1. The van der Waals surface area contributed by atoms with Crippen LogP contribution in [0.3, 0.4) is 0 Å². The summed E-state index contributed by atoms with van der Waals surface area (Å²) in [5, 5.41) is 12.7. The van der Waals surface area contributed by atoms with Crippen molar-refractivity contribution in [2.24, 2.45) is 0 Å². The molecule has 2 aromatic rings. The van der Waals surface area contributed by atoms with Crippen LogP contribution >= 0.6 is 11.3 Å². The number of unbranched alkanes of at least 4 members (excludes halogenated alkanes) is 1. The number of aryl methyl sites for hydroxylation is 2. The van der Waals surface area contributed by atoms with E-state index in [1.165, 1.54) is 43.7 Å². The summed E-state index contributed by atoms with van der Waals surface area (Å²) in [7, 11) is 1.24. The highest BCUT2D eigenvalue weighted by Crippen LogP contribution is 2.27. The normalized spacial score (nSPS) is 12.2. The van der Waals surface area contributed by atoms with Gasteiger partial charge in [0, 0.05) is 34.9 Å². The van der Waals surface area contributed by atoms with Gasteiger partial charge in [0.15, 0.2) is 5.78 Å². The summed E-state index contributed by atoms with van der Waals surface area (Å²) in [4.78, 5) is 37.4. The molecular weight excluding hydrogens is 487 g/mol. The van der Waals surface area contributed by atoms with Gasteiger partial charge in [-0.2, -0.15) is 13.2 Å². The van der Waals surface area contributed by atoms with E-state index in [1.54, 1.807) is 18.2 Å². The molecular formula is C24H26F3NO6S. The molecule has 0 saturated heterocycles. The van der Waals surface area contributed by atoms with Gasteiger partial charge in [-0.1, -0.05) is 6.08 Å². The van der Waals surface area contributed by atoms with Gasteiger partial charge in [-0.15, -0.1) is 11.3 Å². The van der Waals surface area contributed by atoms with Crippen LogP contribution in [0, 0.1) is 0 Å². The fourth-order valence-electron chi connectivity index (χ4n) is 3.07. The number of halogens is 3. The molecule has 2 heterocycles. The average molecular weight is 514 g/mol. The van der Waals surface area contributed by atoms with Crippen molar-refractivity contribution in [3.8, 4) is 5.75 Å². The third-order valence-corrected chi connectivity index (χ3v) is 5.88. The van der Waals surface area contributed by atoms with Crippen molar-refractivity contribution in [1.82, 2.24) is 5.32 Å². The van der Waals surface area contributed by atoms with Gasteiger partial charge < -0.3 is 14.3 Å². The van der Waals surface area contributed by atoms with E-state index in [9.17, 15) is 32.7 Å². The van der Waals surface area contributed by atoms with E-state index < -0.39 is 41.4 Å². The van der Waals surface area contributed by atoms with Crippen LogP contribution in [0.1, 0.15) is 58.5 Å². The van der Waals surface area contributed by atoms with Gasteiger partial charge in [-0.05, 0) is 56.4 Å². The highest BCUT2D eigenvalue weighted by atomic mass is 32.1. The number of allylic oxidation sites excluding steroid dienone is 2. The molecule has 0 aliphatic carbocycles. The summed E-state index contributed by atoms with van der Waals surface area (Å²) in [6, 6.07) is 4.61. The maximum absolute atomic E-state index is 12.7. The lowest BCUT2D eigenvalue weighted by molar-refractivity contribution is -0.135. The van der Waals surface area contributed by atoms with Crippen LogP contribution in [0.15, 0.2) is 45.3 Å². The van der Waals surface area contributed by atoms with Crippen LogP contribution in [0.4, 0.5) is 18.0 Å². The van der Waals surface area contributed by atoms with Crippen LogP contribution < -0.4 is 10.9 Å². The van der Waals surface area contributed by atoms with E-state index >= 15 is 0 Å². The lowest BCUT2D eigenvalue weighted by atomic mass is 10.0. The smallest absolute Gasteiger partial charge is 0.410 e. The van der Waals surface area contributed by atoms with E-state index in [2.05, 4.69) is 10.1 Å². The number of alkyl halides is 3. The number of nitrogens with one attached hydrogen (secondary N) is 1. The van der Waals surface area contributed by atoms with Gasteiger partial charge in [0.1, 0.15) is 17.1 Å². The van der Waals surface area contributed by atoms with Gasteiger partial charge in [0.05, 0.1) is 7.11 Å². The van der Waals surface area contributed by atoms with Gasteiger partial charge in [0.25, 0.3) is 0 Å². The second-order valence-electron chi connectivity index (χ2n) is 7.62. The number of carbonyl (C=O) groups excluding carboxylic acids is 2. The molecule has 0 aliphatic heterocycles. The summed E-state index contributed by atoms with van der Waals surface area (Å²) in [5.74, 6) is -0.982. The molecule has 2 aromatic heterocycles. The quantitative estimate of drug-likeness (QED) is 0.225. The summed E-state index contributed by atoms with van der Waals surface area (Å²) in [5.41, 5.74) is -1.27. The number of ketones is 1. The minimum atomic E-state index is -4.19. The Bertz CT molecular complexity index is 1150. The second kappa shape index (κ2) is 12.9. The summed E-state index contributed by atoms with van der Waals surface area (Å²) in [6.45, 7) is 1.48. The minimum absolute atomic E-state index is 0.0208. The van der Waals surface area contributed by atoms with Gasteiger partial charge >= 0.3 is 17.9 Å². The molecule has 0 radical (unpaired) electrons. The van der Waals surface area contributed by atoms with Crippen LogP contribution in [-0.4, -0.2) is 30.3 Å². The number of ether oxygens (including phenoxy) is 1. The van der Waals surface area contributed by atoms with Crippen molar-refractivity contribution in [3.05, 3.63) is 67.5 Å². The lowest BCUT2D eigenvalue weighted by Gasteiger charge is -2.05. The predicted molar refractivity (Wildman–Crippen MR) is 126 cm³/mol. The molecule has 0 atom stereocenters. The maximum Gasteiger partial charge on any atom is 0.410 e. The van der Waals surface area contributed by atoms with E-state index in [0.717, 1.165) is 4.88 Å². The van der Waals surface area contributed by atoms with Crippen LogP contribution in [0.5, 0.6) is 5.75 Å². The third kappa shape index (κ3) is 9.44. The Morgan fingerprint density at radius 3 is 2.63 bits per heavy atom. The molecule has 2 N–H and O–H groups in total. The van der Waals surface area contributed by atoms with E-state index in [-0.39, 0.29) is 24.2 Å². The molecule has 7 nitrogen and oxygen atoms in total. The van der Waals surface area contributed by atoms with Crippen molar-refractivity contribution in [1.29, 1.82) is 0 Å². The highest BCUT2D eigenvalue weighted by Gasteiger charge is 2.26. The molecule has 11 heteroatoms. The zero-order chi connectivity index (χ0) is 26.0. The fourth-order valence-corrected chi connectivity index (χ4v) is 4.13. The van der Waals surface area contributed by atoms with Crippen LogP contribution in [0.25, 0.3) is 6.08 Å². The van der Waals surface area contributed by atoms with Gasteiger partial charge in [-0.25, -0.2) is 9.59 Å². The first-order chi connectivity index (χ1) is 16.5. The Morgan fingerprint density at radius 2 is 1.97 bits per heavy atom. The van der Waals surface area contributed by atoms with Crippen LogP contribution in [-0.2, 0) is 17.6 Å². The predicted octanol–water partition coefficient (Wildman–Crippen LogP) is 5.77. The van der Waals surface area contributed by atoms with E-state index in [1.807, 2.05) is 0 Å². The molecule has 0 unspecified atom stereocenters. The molecule has 0 bridgehead atoms. The number of rotatable bonds is 11. The lowest BCUT2D eigenvalue weighted by Crippen LogP contribution is -2.16. The maximum atomic E-state index is 12.7. The Balaban J connectivity index is 1.99. The topological polar surface area (TPSA) is 106 Å². The summed E-state index contributed by atoms with van der Waals surface area (Å²) < 4.78 is 46.5. The molecule has 0 aliphatic rings. The van der Waals surface area contributed by atoms with Gasteiger partial charge in [-0.3, -0.25) is 10.1 Å². The van der Waals surface area contributed by atoms with E-state index in [0.29, 0.717) is 24.1 Å². The Labute approximate surface area is 203 Å². The zero-order valence-corrected chi connectivity index (χ0v) is 20.1. The molecule has 0 spiro atoms. The SMILES string of the molecule is COC(=O)N/C=C/CCCc1cc(O)c(C(=O)C(C)=Cc2ccc(CCCC(F)(F)F)s2)c(=O)o1. The van der Waals surface area contributed by atoms with Gasteiger partial charge in [0.2, 0.25) is 0 Å². The van der Waals surface area contributed by atoms with Crippen molar-refractivity contribution in [2.75, 3.05) is 7.11 Å². The Morgan fingerprint density at radius 1 is 1.23 bits per heavy atom. The zero-order valence-electron chi connectivity index (χ0n) is 19.2. The van der Waals surface area contributed by atoms with E-state index in [4.69, 9.17) is 4.42 Å². The number of alkyl carbamates (subject to hydrolysis) is 1. The molecule has 1 amide bonds. The number of hydrogen-bond acceptors (Lipinski definition) is 7. The van der Waals surface area contributed by atoms with Crippen molar-refractivity contribution >= 4 is 29.3 Å². The van der Waals surface area contributed by atoms with Crippen molar-refractivity contribution < 1.29 is 37.0 Å². The highest BCUT2D eigenvalue weighted by molar-refractivity contribution is 7.12. The standard InChI is InChI=1S/C24H26F3NO6S/c1-15(13-18-10-9-17(35-18)8-6-11-24(25,26)27)21(30)20-19(29)14-16(34-22(20)31)7-4-3-5-12-28-23(32)33-2/h5,9-10,12-14,29H,3-4,6-8,11H2,1-2H3,(H,28,32)/b12-5+,15-13?. The first-order valence-electron chi connectivity index (χ1n) is 10.7. The first kappa shape index (κ1) is 27.9. The average Bonchev–Trinajstić information content (AvgIpc) is 3.21. The molecule has 2 rings (SSSR count). The molecule has 0 fully saturated rings. The molecule has 190 valence electrons.